The summed E-state index contributed by atoms with van der Waals surface area (Å²) >= 11 is 8.02. The van der Waals surface area contributed by atoms with E-state index in [-0.39, 0.29) is 18.0 Å². The van der Waals surface area contributed by atoms with Crippen LogP contribution in [0.1, 0.15) is 26.4 Å². The van der Waals surface area contributed by atoms with E-state index in [0.717, 1.165) is 7.57 Å². The van der Waals surface area contributed by atoms with Crippen molar-refractivity contribution in [3.8, 4) is 0 Å². The van der Waals surface area contributed by atoms with Crippen LogP contribution in [-0.4, -0.2) is 22.0 Å². The number of thiophene rings is 1. The topological polar surface area (TPSA) is 79.3 Å². The van der Waals surface area contributed by atoms with Gasteiger partial charge in [-0.2, -0.15) is 0 Å². The number of rotatable bonds is 4. The molecule has 0 fully saturated rings. The largest absolute Gasteiger partial charge is 0.478 e. The Morgan fingerprint density at radius 1 is 1.35 bits per heavy atom. The van der Waals surface area contributed by atoms with Crippen LogP contribution < -0.4 is 5.32 Å². The Morgan fingerprint density at radius 3 is 2.70 bits per heavy atom. The standard InChI is InChI=1S/C12H8Br2N2O3S/c13-9-4-8(10(14)20-9)11(17)16-5-7-3-6(12(18)19)1-2-15-7/h1-4H,5H2,(H,16,17)(H,18,19). The molecule has 0 spiro atoms. The number of aromatic carboxylic acids is 1. The molecule has 2 rings (SSSR count). The molecule has 1 amide bonds. The number of nitrogens with zero attached hydrogens (tertiary/aromatic N) is 1. The smallest absolute Gasteiger partial charge is 0.335 e. The number of nitrogens with one attached hydrogen (secondary N) is 1. The van der Waals surface area contributed by atoms with Gasteiger partial charge in [0.05, 0.1) is 30.9 Å². The molecule has 20 heavy (non-hydrogen) atoms. The molecule has 0 aliphatic rings. The van der Waals surface area contributed by atoms with Gasteiger partial charge < -0.3 is 10.4 Å². The second kappa shape index (κ2) is 6.47. The highest BCUT2D eigenvalue weighted by Gasteiger charge is 2.13. The summed E-state index contributed by atoms with van der Waals surface area (Å²) in [5, 5.41) is 11.6. The Bertz CT molecular complexity index is 672. The Hall–Kier alpha value is -1.25. The van der Waals surface area contributed by atoms with E-state index in [1.165, 1.54) is 29.7 Å². The van der Waals surface area contributed by atoms with Gasteiger partial charge in [-0.25, -0.2) is 4.79 Å². The van der Waals surface area contributed by atoms with Gasteiger partial charge in [0.25, 0.3) is 5.91 Å². The quantitative estimate of drug-likeness (QED) is 0.796. The lowest BCUT2D eigenvalue weighted by molar-refractivity contribution is 0.0696. The molecule has 0 saturated heterocycles. The molecule has 0 radical (unpaired) electrons. The monoisotopic (exact) mass is 418 g/mol. The van der Waals surface area contributed by atoms with Crippen LogP contribution in [-0.2, 0) is 6.54 Å². The molecule has 5 nitrogen and oxygen atoms in total. The zero-order valence-electron chi connectivity index (χ0n) is 9.89. The molecule has 2 heterocycles. The zero-order chi connectivity index (χ0) is 14.7. The number of carbonyl (C=O) groups is 2. The molecular weight excluding hydrogens is 412 g/mol. The van der Waals surface area contributed by atoms with Gasteiger partial charge in [-0.15, -0.1) is 11.3 Å². The van der Waals surface area contributed by atoms with Crippen molar-refractivity contribution in [2.45, 2.75) is 6.54 Å². The van der Waals surface area contributed by atoms with Crippen molar-refractivity contribution < 1.29 is 14.7 Å². The summed E-state index contributed by atoms with van der Waals surface area (Å²) in [6.45, 7) is 0.167. The minimum atomic E-state index is -1.02. The van der Waals surface area contributed by atoms with Gasteiger partial charge >= 0.3 is 5.97 Å². The molecule has 0 aromatic carbocycles. The van der Waals surface area contributed by atoms with Crippen LogP contribution in [0.15, 0.2) is 32.0 Å². The number of amides is 1. The average Bonchev–Trinajstić information content (AvgIpc) is 2.75. The fourth-order valence-electron chi connectivity index (χ4n) is 1.47. The van der Waals surface area contributed by atoms with Gasteiger partial charge in [0.1, 0.15) is 0 Å². The number of carboxylic acids is 1. The van der Waals surface area contributed by atoms with Crippen molar-refractivity contribution in [1.29, 1.82) is 0 Å². The number of hydrogen-bond donors (Lipinski definition) is 2. The summed E-state index contributed by atoms with van der Waals surface area (Å²) in [5.74, 6) is -1.27. The lowest BCUT2D eigenvalue weighted by Crippen LogP contribution is -2.23. The first-order chi connectivity index (χ1) is 9.47. The summed E-state index contributed by atoms with van der Waals surface area (Å²) in [6, 6.07) is 4.55. The van der Waals surface area contributed by atoms with Crippen LogP contribution in [0.5, 0.6) is 0 Å². The summed E-state index contributed by atoms with van der Waals surface area (Å²) in [5.41, 5.74) is 1.16. The first-order valence-electron chi connectivity index (χ1n) is 5.38. The Kier molecular flexibility index (Phi) is 4.90. The molecule has 2 aromatic heterocycles. The van der Waals surface area contributed by atoms with E-state index in [9.17, 15) is 9.59 Å². The maximum atomic E-state index is 12.0. The maximum absolute atomic E-state index is 12.0. The Balaban J connectivity index is 2.05. The molecule has 104 valence electrons. The predicted octanol–water partition coefficient (Wildman–Crippen LogP) is 3.30. The van der Waals surface area contributed by atoms with Crippen molar-refractivity contribution in [2.75, 3.05) is 0 Å². The zero-order valence-corrected chi connectivity index (χ0v) is 13.9. The molecule has 0 aliphatic heterocycles. The summed E-state index contributed by atoms with van der Waals surface area (Å²) in [7, 11) is 0. The maximum Gasteiger partial charge on any atom is 0.335 e. The van der Waals surface area contributed by atoms with Crippen LogP contribution in [0.4, 0.5) is 0 Å². The number of aromatic nitrogens is 1. The summed E-state index contributed by atoms with van der Waals surface area (Å²) < 4.78 is 1.58. The van der Waals surface area contributed by atoms with Crippen LogP contribution >= 0.6 is 43.2 Å². The van der Waals surface area contributed by atoms with E-state index in [2.05, 4.69) is 42.2 Å². The Labute approximate surface area is 135 Å². The SMILES string of the molecule is O=C(O)c1ccnc(CNC(=O)c2cc(Br)sc2Br)c1. The van der Waals surface area contributed by atoms with Crippen molar-refractivity contribution in [1.82, 2.24) is 10.3 Å². The molecule has 0 aliphatic carbocycles. The van der Waals surface area contributed by atoms with Crippen molar-refractivity contribution >= 4 is 55.1 Å². The van der Waals surface area contributed by atoms with E-state index in [1.54, 1.807) is 6.07 Å². The molecular formula is C12H8Br2N2O3S. The molecule has 0 saturated carbocycles. The highest BCUT2D eigenvalue weighted by molar-refractivity contribution is 9.12. The van der Waals surface area contributed by atoms with E-state index in [1.807, 2.05) is 0 Å². The number of carbonyl (C=O) groups excluding carboxylic acids is 1. The lowest BCUT2D eigenvalue weighted by atomic mass is 10.2. The van der Waals surface area contributed by atoms with Gasteiger partial charge in [-0.1, -0.05) is 0 Å². The van der Waals surface area contributed by atoms with E-state index >= 15 is 0 Å². The number of carboxylic acid groups (broad SMARTS) is 1. The third kappa shape index (κ3) is 3.65. The van der Waals surface area contributed by atoms with Gasteiger partial charge in [0.2, 0.25) is 0 Å². The highest BCUT2D eigenvalue weighted by atomic mass is 79.9. The molecule has 8 heteroatoms. The highest BCUT2D eigenvalue weighted by Crippen LogP contribution is 2.31. The molecule has 2 aromatic rings. The first kappa shape index (κ1) is 15.1. The third-order valence-corrected chi connectivity index (χ3v) is 4.73. The summed E-state index contributed by atoms with van der Waals surface area (Å²) in [6.07, 6.45) is 1.40. The number of hydrogen-bond acceptors (Lipinski definition) is 4. The van der Waals surface area contributed by atoms with Crippen molar-refractivity contribution in [3.63, 3.8) is 0 Å². The van der Waals surface area contributed by atoms with Crippen LogP contribution in [0.2, 0.25) is 0 Å². The molecule has 0 bridgehead atoms. The lowest BCUT2D eigenvalue weighted by Gasteiger charge is -2.04. The fraction of sp³-hybridized carbons (Fsp3) is 0.0833. The average molecular weight is 420 g/mol. The third-order valence-electron chi connectivity index (χ3n) is 2.39. The second-order valence-electron chi connectivity index (χ2n) is 3.76. The van der Waals surface area contributed by atoms with Gasteiger partial charge in [0, 0.05) is 6.20 Å². The summed E-state index contributed by atoms with van der Waals surface area (Å²) in [4.78, 5) is 26.8. The molecule has 0 unspecified atom stereocenters. The predicted molar refractivity (Wildman–Crippen MR) is 82.1 cm³/mol. The first-order valence-corrected chi connectivity index (χ1v) is 7.79. The van der Waals surface area contributed by atoms with Crippen LogP contribution in [0.25, 0.3) is 0 Å². The van der Waals surface area contributed by atoms with Crippen molar-refractivity contribution in [2.24, 2.45) is 0 Å². The van der Waals surface area contributed by atoms with E-state index in [4.69, 9.17) is 5.11 Å². The minimum Gasteiger partial charge on any atom is -0.478 e. The number of pyridine rings is 1. The number of halogens is 2. The van der Waals surface area contributed by atoms with E-state index in [0.29, 0.717) is 11.3 Å². The van der Waals surface area contributed by atoms with Crippen LogP contribution in [0, 0.1) is 0 Å². The minimum absolute atomic E-state index is 0.142. The second-order valence-corrected chi connectivity index (χ2v) is 7.51. The fourth-order valence-corrected chi connectivity index (χ4v) is 4.26. The van der Waals surface area contributed by atoms with Gasteiger partial charge in [0.15, 0.2) is 0 Å². The van der Waals surface area contributed by atoms with Gasteiger partial charge in [-0.05, 0) is 50.1 Å². The molecule has 2 N–H and O–H groups in total. The van der Waals surface area contributed by atoms with Gasteiger partial charge in [-0.3, -0.25) is 9.78 Å². The van der Waals surface area contributed by atoms with Crippen molar-refractivity contribution in [3.05, 3.63) is 48.8 Å². The normalized spacial score (nSPS) is 10.3. The Morgan fingerprint density at radius 2 is 2.10 bits per heavy atom. The molecule has 0 atom stereocenters. The van der Waals surface area contributed by atoms with E-state index < -0.39 is 5.97 Å². The van der Waals surface area contributed by atoms with Crippen LogP contribution in [0.3, 0.4) is 0 Å².